The number of methoxy groups -OCH3 is 2. The molecule has 3 aromatic rings. The van der Waals surface area contributed by atoms with Crippen molar-refractivity contribution in [3.63, 3.8) is 0 Å². The van der Waals surface area contributed by atoms with Crippen molar-refractivity contribution in [2.45, 2.75) is 18.5 Å². The number of non-ortho nitro benzene ring substituents is 1. The van der Waals surface area contributed by atoms with Gasteiger partial charge in [0.25, 0.3) is 5.69 Å². The summed E-state index contributed by atoms with van der Waals surface area (Å²) in [6, 6.07) is 13.5. The lowest BCUT2D eigenvalue weighted by Crippen LogP contribution is -2.31. The third-order valence-electron chi connectivity index (χ3n) is 5.52. The number of hydrogen-bond donors (Lipinski definition) is 1. The van der Waals surface area contributed by atoms with E-state index in [9.17, 15) is 10.1 Å². The van der Waals surface area contributed by atoms with Crippen LogP contribution in [0.15, 0.2) is 59.1 Å². The molecule has 1 fully saturated rings. The molecule has 1 aromatic carbocycles. The minimum Gasteiger partial charge on any atom is -0.496 e. The quantitative estimate of drug-likeness (QED) is 0.213. The predicted molar refractivity (Wildman–Crippen MR) is 126 cm³/mol. The molecular weight excluding hydrogens is 444 g/mol. The van der Waals surface area contributed by atoms with E-state index in [0.717, 1.165) is 12.1 Å². The monoisotopic (exact) mass is 468 g/mol. The molecule has 9 nitrogen and oxygen atoms in total. The van der Waals surface area contributed by atoms with Crippen LogP contribution in [-0.4, -0.2) is 47.3 Å². The van der Waals surface area contributed by atoms with Crippen molar-refractivity contribution >= 4 is 23.0 Å². The van der Waals surface area contributed by atoms with Crippen molar-refractivity contribution in [3.8, 4) is 17.1 Å². The topological polar surface area (TPSA) is 103 Å². The molecule has 172 valence electrons. The standard InChI is InChI=1S/C23H24N4O5S/c1-30-13-5-12-26-22(21(25-23(26)33)17-6-3-4-11-24-17)19-10-9-18(32-19)16-8-7-15(27(28)29)14-20(16)31-2/h3-4,6-11,14,21-22H,5,12-13H2,1-2H3,(H,25,33)/t21-,22+/m0/s1. The van der Waals surface area contributed by atoms with Crippen molar-refractivity contribution < 1.29 is 18.8 Å². The first kappa shape index (κ1) is 22.7. The van der Waals surface area contributed by atoms with Gasteiger partial charge in [-0.05, 0) is 49.0 Å². The second kappa shape index (κ2) is 9.97. The Bertz CT molecular complexity index is 1140. The number of benzene rings is 1. The first-order valence-corrected chi connectivity index (χ1v) is 10.8. The number of rotatable bonds is 9. The zero-order chi connectivity index (χ0) is 23.4. The van der Waals surface area contributed by atoms with Crippen LogP contribution in [0.1, 0.15) is 30.0 Å². The summed E-state index contributed by atoms with van der Waals surface area (Å²) in [5.74, 6) is 1.61. The van der Waals surface area contributed by atoms with E-state index in [4.69, 9.17) is 26.1 Å². The molecule has 2 aromatic heterocycles. The van der Waals surface area contributed by atoms with Crippen molar-refractivity contribution in [2.24, 2.45) is 0 Å². The summed E-state index contributed by atoms with van der Waals surface area (Å²) in [4.78, 5) is 17.3. The molecule has 33 heavy (non-hydrogen) atoms. The number of nitrogens with one attached hydrogen (secondary N) is 1. The maximum atomic E-state index is 11.1. The van der Waals surface area contributed by atoms with Crippen LogP contribution in [0, 0.1) is 10.1 Å². The normalized spacial score (nSPS) is 17.8. The molecule has 10 heteroatoms. The van der Waals surface area contributed by atoms with E-state index in [-0.39, 0.29) is 17.8 Å². The first-order valence-electron chi connectivity index (χ1n) is 10.4. The van der Waals surface area contributed by atoms with Gasteiger partial charge in [0, 0.05) is 32.5 Å². The molecule has 1 saturated heterocycles. The second-order valence-corrected chi connectivity index (χ2v) is 7.90. The summed E-state index contributed by atoms with van der Waals surface area (Å²) in [7, 11) is 3.14. The molecule has 0 aliphatic carbocycles. The fourth-order valence-corrected chi connectivity index (χ4v) is 4.32. The van der Waals surface area contributed by atoms with E-state index in [1.165, 1.54) is 19.2 Å². The van der Waals surface area contributed by atoms with Gasteiger partial charge in [-0.1, -0.05) is 6.07 Å². The van der Waals surface area contributed by atoms with Crippen LogP contribution in [0.4, 0.5) is 5.69 Å². The lowest BCUT2D eigenvalue weighted by molar-refractivity contribution is -0.384. The number of furan rings is 1. The van der Waals surface area contributed by atoms with Gasteiger partial charge in [0.2, 0.25) is 0 Å². The van der Waals surface area contributed by atoms with E-state index in [2.05, 4.69) is 15.2 Å². The highest BCUT2D eigenvalue weighted by molar-refractivity contribution is 7.80. The number of hydrogen-bond acceptors (Lipinski definition) is 7. The lowest BCUT2D eigenvalue weighted by Gasteiger charge is -2.26. The fourth-order valence-electron chi connectivity index (χ4n) is 3.99. The smallest absolute Gasteiger partial charge is 0.273 e. The number of pyridine rings is 1. The third-order valence-corrected chi connectivity index (χ3v) is 5.88. The SMILES string of the molecule is COCCCN1C(=S)N[C@@H](c2ccccn2)[C@H]1c1ccc(-c2ccc([N+](=O)[O-])cc2OC)o1. The van der Waals surface area contributed by atoms with Crippen molar-refractivity contribution in [3.05, 3.63) is 76.3 Å². The van der Waals surface area contributed by atoms with Gasteiger partial charge in [-0.25, -0.2) is 0 Å². The van der Waals surface area contributed by atoms with Crippen LogP contribution >= 0.6 is 12.2 Å². The summed E-state index contributed by atoms with van der Waals surface area (Å²) in [5.41, 5.74) is 1.43. The van der Waals surface area contributed by atoms with Crippen LogP contribution in [0.3, 0.4) is 0 Å². The Kier molecular flexibility index (Phi) is 6.85. The average molecular weight is 469 g/mol. The number of nitro benzene ring substituents is 1. The van der Waals surface area contributed by atoms with Gasteiger partial charge in [0.15, 0.2) is 5.11 Å². The van der Waals surface area contributed by atoms with E-state index >= 15 is 0 Å². The zero-order valence-corrected chi connectivity index (χ0v) is 19.1. The van der Waals surface area contributed by atoms with Crippen LogP contribution in [-0.2, 0) is 4.74 Å². The zero-order valence-electron chi connectivity index (χ0n) is 18.3. The Balaban J connectivity index is 1.70. The van der Waals surface area contributed by atoms with E-state index < -0.39 is 4.92 Å². The van der Waals surface area contributed by atoms with E-state index in [1.807, 2.05) is 30.3 Å². The van der Waals surface area contributed by atoms with E-state index in [1.54, 1.807) is 19.4 Å². The summed E-state index contributed by atoms with van der Waals surface area (Å²) < 4.78 is 16.9. The summed E-state index contributed by atoms with van der Waals surface area (Å²) in [6.45, 7) is 1.30. The van der Waals surface area contributed by atoms with Crippen LogP contribution in [0.5, 0.6) is 5.75 Å². The molecule has 1 aliphatic rings. The fraction of sp³-hybridized carbons (Fsp3) is 0.304. The molecule has 1 aliphatic heterocycles. The average Bonchev–Trinajstić information content (AvgIpc) is 3.44. The Morgan fingerprint density at radius 1 is 1.24 bits per heavy atom. The van der Waals surface area contributed by atoms with Gasteiger partial charge in [-0.2, -0.15) is 0 Å². The molecule has 0 bridgehead atoms. The maximum Gasteiger partial charge on any atom is 0.273 e. The summed E-state index contributed by atoms with van der Waals surface area (Å²) >= 11 is 5.64. The number of ether oxygens (including phenoxy) is 2. The highest BCUT2D eigenvalue weighted by atomic mass is 32.1. The van der Waals surface area contributed by atoms with E-state index in [0.29, 0.717) is 41.1 Å². The lowest BCUT2D eigenvalue weighted by atomic mass is 10.0. The number of aromatic nitrogens is 1. The third kappa shape index (κ3) is 4.67. The summed E-state index contributed by atoms with van der Waals surface area (Å²) in [6.07, 6.45) is 2.55. The van der Waals surface area contributed by atoms with Gasteiger partial charge in [0.05, 0.1) is 35.4 Å². The van der Waals surface area contributed by atoms with Crippen molar-refractivity contribution in [2.75, 3.05) is 27.4 Å². The Morgan fingerprint density at radius 3 is 2.79 bits per heavy atom. The van der Waals surface area contributed by atoms with Gasteiger partial charge < -0.3 is 24.1 Å². The summed E-state index contributed by atoms with van der Waals surface area (Å²) in [5, 5.41) is 15.1. The van der Waals surface area contributed by atoms with Gasteiger partial charge >= 0.3 is 0 Å². The maximum absolute atomic E-state index is 11.1. The Morgan fingerprint density at radius 2 is 2.09 bits per heavy atom. The van der Waals surface area contributed by atoms with Crippen LogP contribution in [0.25, 0.3) is 11.3 Å². The minimum atomic E-state index is -0.458. The number of thiocarbonyl (C=S) groups is 1. The highest BCUT2D eigenvalue weighted by Gasteiger charge is 2.41. The second-order valence-electron chi connectivity index (χ2n) is 7.51. The van der Waals surface area contributed by atoms with Crippen molar-refractivity contribution in [1.29, 1.82) is 0 Å². The molecule has 0 radical (unpaired) electrons. The largest absolute Gasteiger partial charge is 0.496 e. The Labute approximate surface area is 196 Å². The molecule has 1 N–H and O–H groups in total. The molecule has 0 saturated carbocycles. The molecule has 0 unspecified atom stereocenters. The molecule has 0 amide bonds. The minimum absolute atomic E-state index is 0.0488. The number of nitrogens with zero attached hydrogens (tertiary/aromatic N) is 3. The molecule has 0 spiro atoms. The highest BCUT2D eigenvalue weighted by Crippen LogP contribution is 2.42. The van der Waals surface area contributed by atoms with Crippen LogP contribution < -0.4 is 10.1 Å². The van der Waals surface area contributed by atoms with Gasteiger partial charge in [-0.15, -0.1) is 0 Å². The predicted octanol–water partition coefficient (Wildman–Crippen LogP) is 4.27. The number of nitro groups is 1. The van der Waals surface area contributed by atoms with Crippen LogP contribution in [0.2, 0.25) is 0 Å². The molecular formula is C23H24N4O5S. The van der Waals surface area contributed by atoms with Gasteiger partial charge in [-0.3, -0.25) is 15.1 Å². The molecule has 2 atom stereocenters. The van der Waals surface area contributed by atoms with Crippen molar-refractivity contribution in [1.82, 2.24) is 15.2 Å². The van der Waals surface area contributed by atoms with Gasteiger partial charge in [0.1, 0.15) is 23.3 Å². The molecule has 3 heterocycles. The molecule has 4 rings (SSSR count). The first-order chi connectivity index (χ1) is 16.0. The Hall–Kier alpha value is -3.50.